The average molecular weight is 721 g/mol. The summed E-state index contributed by atoms with van der Waals surface area (Å²) in [5, 5.41) is 16.8. The third-order valence-electron chi connectivity index (χ3n) is 9.05. The number of nitrogen functional groups attached to an aromatic ring is 1. The highest BCUT2D eigenvalue weighted by Gasteiger charge is 2.27. The predicted octanol–water partition coefficient (Wildman–Crippen LogP) is 7.49. The van der Waals surface area contributed by atoms with Gasteiger partial charge in [-0.25, -0.2) is 19.6 Å². The number of amides is 4. The molecule has 14 nitrogen and oxygen atoms in total. The van der Waals surface area contributed by atoms with Crippen LogP contribution in [0.2, 0.25) is 0 Å². The van der Waals surface area contributed by atoms with E-state index in [4.69, 9.17) is 5.73 Å². The zero-order valence-electron chi connectivity index (χ0n) is 29.6. The number of urea groups is 2. The van der Waals surface area contributed by atoms with Gasteiger partial charge in [-0.05, 0) is 66.4 Å². The highest BCUT2D eigenvalue weighted by molar-refractivity contribution is 5.92. The van der Waals surface area contributed by atoms with Crippen LogP contribution in [0.3, 0.4) is 0 Å². The molecule has 4 aromatic heterocycles. The van der Waals surface area contributed by atoms with Crippen molar-refractivity contribution in [1.82, 2.24) is 29.7 Å². The van der Waals surface area contributed by atoms with E-state index < -0.39 is 11.0 Å². The molecule has 2 aliphatic heterocycles. The van der Waals surface area contributed by atoms with Gasteiger partial charge in [0.1, 0.15) is 0 Å². The maximum absolute atomic E-state index is 12.7. The monoisotopic (exact) mass is 720 g/mol. The van der Waals surface area contributed by atoms with Crippen molar-refractivity contribution in [2.75, 3.05) is 16.4 Å². The van der Waals surface area contributed by atoms with Crippen LogP contribution in [0.25, 0.3) is 22.5 Å². The van der Waals surface area contributed by atoms with Gasteiger partial charge in [-0.1, -0.05) is 60.7 Å². The maximum atomic E-state index is 12.7. The Labute approximate surface area is 310 Å². The van der Waals surface area contributed by atoms with E-state index >= 15 is 0 Å². The largest absolute Gasteiger partial charge is 0.396 e. The summed E-state index contributed by atoms with van der Waals surface area (Å²) in [5.41, 5.74) is 15.3. The van der Waals surface area contributed by atoms with Crippen LogP contribution in [-0.2, 0) is 26.2 Å². The first-order valence-electron chi connectivity index (χ1n) is 17.1. The zero-order chi connectivity index (χ0) is 37.8. The number of nitrogens with zero attached hydrogens (tertiary/aromatic N) is 7. The van der Waals surface area contributed by atoms with Crippen LogP contribution in [0.15, 0.2) is 109 Å². The van der Waals surface area contributed by atoms with Gasteiger partial charge in [0.15, 0.2) is 5.82 Å². The molecule has 4 amide bonds. The molecule has 0 spiro atoms. The van der Waals surface area contributed by atoms with E-state index in [1.165, 1.54) is 6.07 Å². The quantitative estimate of drug-likeness (QED) is 0.120. The number of carbonyl (C=O) groups excluding carboxylic acids is 2. The molecule has 0 unspecified atom stereocenters. The Bertz CT molecular complexity index is 2370. The minimum atomic E-state index is -0.552. The topological polar surface area (TPSA) is 185 Å². The van der Waals surface area contributed by atoms with Gasteiger partial charge in [0.25, 0.3) is 0 Å². The van der Waals surface area contributed by atoms with E-state index in [9.17, 15) is 19.7 Å². The lowest BCUT2D eigenvalue weighted by molar-refractivity contribution is -0.384. The van der Waals surface area contributed by atoms with Crippen molar-refractivity contribution < 1.29 is 14.5 Å². The minimum absolute atomic E-state index is 0.0679. The van der Waals surface area contributed by atoms with Gasteiger partial charge >= 0.3 is 17.7 Å². The van der Waals surface area contributed by atoms with Crippen molar-refractivity contribution >= 4 is 35.1 Å². The molecule has 4 N–H and O–H groups in total. The third-order valence-corrected chi connectivity index (χ3v) is 9.05. The number of nitrogens with two attached hydrogens (primary N) is 1. The Hall–Kier alpha value is -7.22. The molecule has 270 valence electrons. The molecule has 0 bridgehead atoms. The fourth-order valence-electron chi connectivity index (χ4n) is 6.25. The Morgan fingerprint density at radius 2 is 1.09 bits per heavy atom. The number of hydrogen-bond acceptors (Lipinski definition) is 9. The standard InChI is InChI=1S/C20H17N5O3.C20H19N5O/c1-13-9-15-11-24(12-16(15)10-21-13)20(26)23-19-18(25(27)28)8-7-17(22-19)14-5-3-2-4-6-14;1-13-9-15-11-25(12-16(15)10-22-13)20(26)24-19-17(21)7-8-18(23-19)14-5-3-2-4-6-14/h2-10H,11-12H2,1H3,(H,22,23,26);2-10H,11-12,21H2,1H3,(H,23,24,26). The molecule has 2 aromatic carbocycles. The number of fused-ring (bicyclic) bond motifs is 2. The highest BCUT2D eigenvalue weighted by Crippen LogP contribution is 2.30. The van der Waals surface area contributed by atoms with Gasteiger partial charge in [0.2, 0.25) is 5.82 Å². The number of nitrogens with one attached hydrogen (secondary N) is 2. The van der Waals surface area contributed by atoms with Crippen molar-refractivity contribution in [3.63, 3.8) is 0 Å². The van der Waals surface area contributed by atoms with Gasteiger partial charge in [0.05, 0.1) is 22.0 Å². The molecular weight excluding hydrogens is 685 g/mol. The molecule has 6 heterocycles. The smallest absolute Gasteiger partial charge is 0.323 e. The first-order valence-corrected chi connectivity index (χ1v) is 17.1. The molecule has 54 heavy (non-hydrogen) atoms. The number of pyridine rings is 4. The SMILES string of the molecule is Cc1cc2c(cn1)CN(C(=O)Nc1nc(-c3ccccc3)ccc1N)C2.Cc1cc2c(cn1)CN(C(=O)Nc1nc(-c3ccccc3)ccc1[N+](=O)[O-])C2. The van der Waals surface area contributed by atoms with Crippen molar-refractivity contribution in [3.8, 4) is 22.5 Å². The Morgan fingerprint density at radius 3 is 1.59 bits per heavy atom. The van der Waals surface area contributed by atoms with Crippen LogP contribution in [0.4, 0.5) is 32.6 Å². The van der Waals surface area contributed by atoms with E-state index in [0.717, 1.165) is 50.5 Å². The second kappa shape index (κ2) is 15.2. The molecule has 6 aromatic rings. The lowest BCUT2D eigenvalue weighted by atomic mass is 10.1. The molecule has 0 saturated carbocycles. The second-order valence-electron chi connectivity index (χ2n) is 12.9. The van der Waals surface area contributed by atoms with Crippen LogP contribution in [0, 0.1) is 24.0 Å². The summed E-state index contributed by atoms with van der Waals surface area (Å²) in [7, 11) is 0. The van der Waals surface area contributed by atoms with Gasteiger partial charge < -0.3 is 15.5 Å². The first-order chi connectivity index (χ1) is 26.1. The lowest BCUT2D eigenvalue weighted by Gasteiger charge is -2.17. The molecule has 0 aliphatic carbocycles. The number of benzene rings is 2. The molecular formula is C40H36N10O4. The molecule has 14 heteroatoms. The second-order valence-corrected chi connectivity index (χ2v) is 12.9. The van der Waals surface area contributed by atoms with Crippen LogP contribution in [0.5, 0.6) is 0 Å². The molecule has 0 radical (unpaired) electrons. The molecule has 0 atom stereocenters. The number of aromatic nitrogens is 4. The summed E-state index contributed by atoms with van der Waals surface area (Å²) in [6.45, 7) is 5.76. The molecule has 0 fully saturated rings. The first kappa shape index (κ1) is 35.2. The summed E-state index contributed by atoms with van der Waals surface area (Å²) in [6, 6.07) is 28.9. The van der Waals surface area contributed by atoms with Crippen molar-refractivity contribution in [2.24, 2.45) is 0 Å². The minimum Gasteiger partial charge on any atom is -0.396 e. The summed E-state index contributed by atoms with van der Waals surface area (Å²) < 4.78 is 0. The van der Waals surface area contributed by atoms with E-state index in [2.05, 4.69) is 30.6 Å². The lowest BCUT2D eigenvalue weighted by Crippen LogP contribution is -2.30. The summed E-state index contributed by atoms with van der Waals surface area (Å²) in [6.07, 6.45) is 3.59. The fraction of sp³-hybridized carbons (Fsp3) is 0.150. The zero-order valence-corrected chi connectivity index (χ0v) is 29.6. The number of aryl methyl sites for hydroxylation is 2. The van der Waals surface area contributed by atoms with Crippen LogP contribution < -0.4 is 16.4 Å². The molecule has 2 aliphatic rings. The summed E-state index contributed by atoms with van der Waals surface area (Å²) >= 11 is 0. The Balaban J connectivity index is 0.000000167. The molecule has 8 rings (SSSR count). The van der Waals surface area contributed by atoms with E-state index in [1.54, 1.807) is 28.1 Å². The Morgan fingerprint density at radius 1 is 0.648 bits per heavy atom. The number of hydrogen-bond donors (Lipinski definition) is 3. The van der Waals surface area contributed by atoms with Crippen molar-refractivity contribution in [3.05, 3.63) is 153 Å². The van der Waals surface area contributed by atoms with Crippen LogP contribution in [-0.4, -0.2) is 46.7 Å². The Kier molecular flexibility index (Phi) is 9.89. The fourth-order valence-corrected chi connectivity index (χ4v) is 6.25. The number of carbonyl (C=O) groups is 2. The number of nitro groups is 1. The van der Waals surface area contributed by atoms with Crippen molar-refractivity contribution in [1.29, 1.82) is 0 Å². The van der Waals surface area contributed by atoms with Gasteiger partial charge in [-0.2, -0.15) is 0 Å². The third kappa shape index (κ3) is 7.82. The summed E-state index contributed by atoms with van der Waals surface area (Å²) in [5.74, 6) is 0.309. The van der Waals surface area contributed by atoms with E-state index in [-0.39, 0.29) is 17.5 Å². The van der Waals surface area contributed by atoms with Crippen LogP contribution >= 0.6 is 0 Å². The van der Waals surface area contributed by atoms with Gasteiger partial charge in [-0.3, -0.25) is 30.7 Å². The number of anilines is 3. The van der Waals surface area contributed by atoms with E-state index in [0.29, 0.717) is 43.4 Å². The van der Waals surface area contributed by atoms with Gasteiger partial charge in [0, 0.05) is 67.2 Å². The maximum Gasteiger partial charge on any atom is 0.323 e. The number of rotatable bonds is 5. The highest BCUT2D eigenvalue weighted by atomic mass is 16.6. The molecule has 0 saturated heterocycles. The van der Waals surface area contributed by atoms with Crippen LogP contribution in [0.1, 0.15) is 33.6 Å². The predicted molar refractivity (Wildman–Crippen MR) is 205 cm³/mol. The average Bonchev–Trinajstić information content (AvgIpc) is 3.81. The van der Waals surface area contributed by atoms with Crippen molar-refractivity contribution in [2.45, 2.75) is 40.0 Å². The van der Waals surface area contributed by atoms with Gasteiger partial charge in [-0.15, -0.1) is 0 Å². The summed E-state index contributed by atoms with van der Waals surface area (Å²) in [4.78, 5) is 56.9. The van der Waals surface area contributed by atoms with E-state index in [1.807, 2.05) is 98.9 Å². The normalized spacial score (nSPS) is 12.6.